The van der Waals surface area contributed by atoms with Crippen molar-refractivity contribution in [3.05, 3.63) is 12.2 Å². The van der Waals surface area contributed by atoms with Gasteiger partial charge in [0.25, 0.3) is 0 Å². The Bertz CT molecular complexity index is 364. The number of aliphatic hydroxyl groups is 2. The first kappa shape index (κ1) is 18.2. The van der Waals surface area contributed by atoms with Crippen molar-refractivity contribution in [3.8, 4) is 11.8 Å². The lowest BCUT2D eigenvalue weighted by Crippen LogP contribution is -2.07. The normalized spacial score (nSPS) is 9.90. The highest BCUT2D eigenvalue weighted by atomic mass is 16.5. The van der Waals surface area contributed by atoms with E-state index in [0.717, 1.165) is 0 Å². The molecule has 0 aliphatic carbocycles. The topological polar surface area (TPSA) is 93.1 Å². The monoisotopic (exact) mass is 284 g/mol. The van der Waals surface area contributed by atoms with E-state index in [2.05, 4.69) is 11.8 Å². The van der Waals surface area contributed by atoms with Crippen LogP contribution in [0.25, 0.3) is 0 Å². The zero-order valence-corrected chi connectivity index (χ0v) is 11.3. The van der Waals surface area contributed by atoms with Crippen LogP contribution in [-0.4, -0.2) is 48.6 Å². The van der Waals surface area contributed by atoms with Crippen LogP contribution in [0, 0.1) is 11.8 Å². The van der Waals surface area contributed by atoms with Gasteiger partial charge in [-0.2, -0.15) is 0 Å². The molecule has 6 nitrogen and oxygen atoms in total. The minimum atomic E-state index is -0.378. The van der Waals surface area contributed by atoms with Gasteiger partial charge >= 0.3 is 11.9 Å². The maximum atomic E-state index is 11.2. The van der Waals surface area contributed by atoms with Gasteiger partial charge in [0.15, 0.2) is 6.61 Å². The van der Waals surface area contributed by atoms with E-state index in [9.17, 15) is 9.59 Å². The van der Waals surface area contributed by atoms with Crippen molar-refractivity contribution >= 4 is 11.9 Å². The quantitative estimate of drug-likeness (QED) is 0.271. The minimum Gasteiger partial charge on any atom is -0.461 e. The third kappa shape index (κ3) is 12.6. The molecule has 0 spiro atoms. The van der Waals surface area contributed by atoms with Crippen LogP contribution >= 0.6 is 0 Å². The van der Waals surface area contributed by atoms with Crippen LogP contribution in [0.2, 0.25) is 0 Å². The number of aliphatic hydroxyl groups excluding tert-OH is 2. The number of carbonyl (C=O) groups is 2. The van der Waals surface area contributed by atoms with Gasteiger partial charge in [-0.15, -0.1) is 0 Å². The van der Waals surface area contributed by atoms with Crippen LogP contribution in [-0.2, 0) is 19.1 Å². The Morgan fingerprint density at radius 2 is 1.60 bits per heavy atom. The maximum Gasteiger partial charge on any atom is 0.306 e. The van der Waals surface area contributed by atoms with Gasteiger partial charge in [0, 0.05) is 12.8 Å². The van der Waals surface area contributed by atoms with E-state index in [1.807, 2.05) is 0 Å². The first-order valence-electron chi connectivity index (χ1n) is 6.34. The summed E-state index contributed by atoms with van der Waals surface area (Å²) in [6.07, 6.45) is 4.59. The molecule has 0 unspecified atom stereocenters. The highest BCUT2D eigenvalue weighted by Crippen LogP contribution is 2.02. The van der Waals surface area contributed by atoms with Crippen molar-refractivity contribution in [2.24, 2.45) is 0 Å². The van der Waals surface area contributed by atoms with Crippen molar-refractivity contribution in [3.63, 3.8) is 0 Å². The maximum absolute atomic E-state index is 11.2. The predicted molar refractivity (Wildman–Crippen MR) is 71.5 cm³/mol. The second-order valence-electron chi connectivity index (χ2n) is 3.72. The highest BCUT2D eigenvalue weighted by molar-refractivity contribution is 5.70. The van der Waals surface area contributed by atoms with E-state index in [1.54, 1.807) is 6.08 Å². The third-order valence-corrected chi connectivity index (χ3v) is 2.13. The standard InChI is InChI=1S/C14H20O6/c15-9-3-5-11-19-13(17)7-1-2-8-14(18)20-12-6-4-10-16/h3,5,15-16H,1-2,7-12H2/b5-3+. The zero-order chi connectivity index (χ0) is 15.1. The first-order valence-corrected chi connectivity index (χ1v) is 6.34. The molecule has 0 fully saturated rings. The zero-order valence-electron chi connectivity index (χ0n) is 11.3. The Hall–Kier alpha value is -1.84. The molecule has 0 radical (unpaired) electrons. The van der Waals surface area contributed by atoms with Gasteiger partial charge in [-0.05, 0) is 18.9 Å². The molecular weight excluding hydrogens is 264 g/mol. The molecule has 0 aromatic heterocycles. The third-order valence-electron chi connectivity index (χ3n) is 2.13. The summed E-state index contributed by atoms with van der Waals surface area (Å²) in [6, 6.07) is 0. The molecule has 0 aliphatic heterocycles. The van der Waals surface area contributed by atoms with E-state index in [1.165, 1.54) is 6.08 Å². The van der Waals surface area contributed by atoms with Gasteiger partial charge < -0.3 is 19.7 Å². The van der Waals surface area contributed by atoms with Gasteiger partial charge in [-0.25, -0.2) is 0 Å². The largest absolute Gasteiger partial charge is 0.461 e. The summed E-state index contributed by atoms with van der Waals surface area (Å²) in [5, 5.41) is 16.8. The van der Waals surface area contributed by atoms with Crippen molar-refractivity contribution in [2.75, 3.05) is 26.4 Å². The first-order chi connectivity index (χ1) is 9.70. The van der Waals surface area contributed by atoms with Gasteiger partial charge in [-0.1, -0.05) is 17.9 Å². The molecule has 0 atom stereocenters. The van der Waals surface area contributed by atoms with Crippen molar-refractivity contribution < 1.29 is 29.3 Å². The Labute approximate surface area is 118 Å². The van der Waals surface area contributed by atoms with Crippen LogP contribution in [0.3, 0.4) is 0 Å². The van der Waals surface area contributed by atoms with E-state index in [-0.39, 0.29) is 51.2 Å². The summed E-state index contributed by atoms with van der Waals surface area (Å²) in [7, 11) is 0. The summed E-state index contributed by atoms with van der Waals surface area (Å²) in [6.45, 7) is -0.223. The average molecular weight is 284 g/mol. The Morgan fingerprint density at radius 1 is 0.950 bits per heavy atom. The van der Waals surface area contributed by atoms with Crippen LogP contribution in [0.1, 0.15) is 25.7 Å². The van der Waals surface area contributed by atoms with E-state index in [4.69, 9.17) is 19.7 Å². The fraction of sp³-hybridized carbons (Fsp3) is 0.571. The van der Waals surface area contributed by atoms with Gasteiger partial charge in [0.1, 0.15) is 13.2 Å². The second-order valence-corrected chi connectivity index (χ2v) is 3.72. The highest BCUT2D eigenvalue weighted by Gasteiger charge is 2.05. The number of esters is 2. The van der Waals surface area contributed by atoms with Gasteiger partial charge in [0.2, 0.25) is 0 Å². The number of hydrogen-bond donors (Lipinski definition) is 2. The molecule has 0 aliphatic rings. The molecule has 112 valence electrons. The number of hydrogen-bond acceptors (Lipinski definition) is 6. The lowest BCUT2D eigenvalue weighted by Gasteiger charge is -2.02. The molecule has 2 N–H and O–H groups in total. The fourth-order valence-corrected chi connectivity index (χ4v) is 1.19. The minimum absolute atomic E-state index is 0.0291. The molecule has 0 rings (SSSR count). The number of unbranched alkanes of at least 4 members (excludes halogenated alkanes) is 1. The molecule has 0 aromatic rings. The lowest BCUT2D eigenvalue weighted by molar-refractivity contribution is -0.144. The van der Waals surface area contributed by atoms with E-state index >= 15 is 0 Å². The van der Waals surface area contributed by atoms with Crippen molar-refractivity contribution in [2.45, 2.75) is 25.7 Å². The average Bonchev–Trinajstić information content (AvgIpc) is 2.44. The Kier molecular flexibility index (Phi) is 12.3. The second kappa shape index (κ2) is 13.6. The van der Waals surface area contributed by atoms with Gasteiger partial charge in [-0.3, -0.25) is 9.59 Å². The molecule has 0 heterocycles. The van der Waals surface area contributed by atoms with Crippen molar-refractivity contribution in [1.29, 1.82) is 0 Å². The van der Waals surface area contributed by atoms with Crippen LogP contribution < -0.4 is 0 Å². The lowest BCUT2D eigenvalue weighted by atomic mass is 10.2. The molecule has 0 saturated heterocycles. The summed E-state index contributed by atoms with van der Waals surface area (Å²) in [5.41, 5.74) is 0. The molecule has 0 saturated carbocycles. The van der Waals surface area contributed by atoms with E-state index < -0.39 is 0 Å². The number of carbonyl (C=O) groups excluding carboxylic acids is 2. The predicted octanol–water partition coefficient (Wildman–Crippen LogP) is 0.177. The molecule has 6 heteroatoms. The Morgan fingerprint density at radius 3 is 2.20 bits per heavy atom. The smallest absolute Gasteiger partial charge is 0.306 e. The summed E-state index contributed by atoms with van der Waals surface area (Å²) in [5.74, 6) is 4.11. The van der Waals surface area contributed by atoms with Crippen LogP contribution in [0.4, 0.5) is 0 Å². The summed E-state index contributed by atoms with van der Waals surface area (Å²) >= 11 is 0. The molecule has 0 aromatic carbocycles. The van der Waals surface area contributed by atoms with Gasteiger partial charge in [0.05, 0.1) is 6.61 Å². The molecule has 20 heavy (non-hydrogen) atoms. The van der Waals surface area contributed by atoms with E-state index in [0.29, 0.717) is 12.8 Å². The molecule has 0 amide bonds. The van der Waals surface area contributed by atoms with Crippen LogP contribution in [0.15, 0.2) is 12.2 Å². The molecule has 0 bridgehead atoms. The molecular formula is C14H20O6. The Balaban J connectivity index is 3.48. The van der Waals surface area contributed by atoms with Crippen LogP contribution in [0.5, 0.6) is 0 Å². The fourth-order valence-electron chi connectivity index (χ4n) is 1.19. The number of ether oxygens (including phenoxy) is 2. The summed E-state index contributed by atoms with van der Waals surface area (Å²) < 4.78 is 9.62. The SMILES string of the molecule is O=C(CCCCC(=O)OC/C=C/CO)OCC#CCO. The van der Waals surface area contributed by atoms with Crippen molar-refractivity contribution in [1.82, 2.24) is 0 Å². The number of rotatable bonds is 9. The summed E-state index contributed by atoms with van der Waals surface area (Å²) in [4.78, 5) is 22.4.